The molecule has 0 atom stereocenters. The van der Waals surface area contributed by atoms with Crippen molar-refractivity contribution >= 4 is 0 Å². The van der Waals surface area contributed by atoms with Crippen LogP contribution in [0.25, 0.3) is 11.1 Å². The zero-order valence-electron chi connectivity index (χ0n) is 12.8. The Bertz CT molecular complexity index is 512. The zero-order valence-corrected chi connectivity index (χ0v) is 12.8. The predicted octanol–water partition coefficient (Wildman–Crippen LogP) is 6.20. The molecule has 1 aliphatic rings. The molecule has 0 spiro atoms. The molecule has 0 aliphatic heterocycles. The maximum Gasteiger partial charge on any atom is 0.00733 e. The second kappa shape index (κ2) is 8.16. The summed E-state index contributed by atoms with van der Waals surface area (Å²) in [7, 11) is 0. The Morgan fingerprint density at radius 1 is 0.750 bits per heavy atom. The highest BCUT2D eigenvalue weighted by Gasteiger charge is 2.23. The molecule has 0 unspecified atom stereocenters. The van der Waals surface area contributed by atoms with Crippen molar-refractivity contribution in [2.24, 2.45) is 0 Å². The largest absolute Gasteiger partial charge is 0.103 e. The van der Waals surface area contributed by atoms with Crippen molar-refractivity contribution in [1.82, 2.24) is 0 Å². The second-order valence-corrected chi connectivity index (χ2v) is 4.71. The third kappa shape index (κ3) is 3.48. The Kier molecular flexibility index (Phi) is 6.52. The monoisotopic (exact) mass is 264 g/mol. The minimum Gasteiger partial charge on any atom is -0.103 e. The van der Waals surface area contributed by atoms with Crippen LogP contribution in [-0.4, -0.2) is 0 Å². The van der Waals surface area contributed by atoms with Gasteiger partial charge in [0, 0.05) is 5.92 Å². The van der Waals surface area contributed by atoms with Gasteiger partial charge in [0.2, 0.25) is 0 Å². The lowest BCUT2D eigenvalue weighted by Crippen LogP contribution is -1.87. The van der Waals surface area contributed by atoms with Gasteiger partial charge in [-0.15, -0.1) is 13.2 Å². The highest BCUT2D eigenvalue weighted by atomic mass is 14.3. The zero-order chi connectivity index (χ0) is 15.0. The Morgan fingerprint density at radius 2 is 1.05 bits per heavy atom. The van der Waals surface area contributed by atoms with Crippen LogP contribution in [0.2, 0.25) is 0 Å². The second-order valence-electron chi connectivity index (χ2n) is 4.71. The van der Waals surface area contributed by atoms with E-state index in [9.17, 15) is 0 Å². The topological polar surface area (TPSA) is 0 Å². The first-order chi connectivity index (χ1) is 9.71. The van der Waals surface area contributed by atoms with Gasteiger partial charge in [-0.3, -0.25) is 0 Å². The van der Waals surface area contributed by atoms with E-state index in [-0.39, 0.29) is 0 Å². The normalized spacial score (nSPS) is 10.9. The summed E-state index contributed by atoms with van der Waals surface area (Å²) in [6, 6.07) is 17.4. The van der Waals surface area contributed by atoms with E-state index in [4.69, 9.17) is 0 Å². The van der Waals surface area contributed by atoms with Gasteiger partial charge in [0.15, 0.2) is 0 Å². The van der Waals surface area contributed by atoms with E-state index in [0.717, 1.165) is 0 Å². The van der Waals surface area contributed by atoms with E-state index in [1.807, 2.05) is 13.8 Å². The number of rotatable bonds is 0. The Hall–Kier alpha value is -2.08. The lowest BCUT2D eigenvalue weighted by atomic mass is 10.00. The van der Waals surface area contributed by atoms with Crippen LogP contribution in [-0.2, 0) is 0 Å². The molecular formula is C20H24. The van der Waals surface area contributed by atoms with E-state index in [2.05, 4.69) is 68.6 Å². The predicted molar refractivity (Wildman–Crippen MR) is 91.1 cm³/mol. The summed E-state index contributed by atoms with van der Waals surface area (Å²) < 4.78 is 0. The molecule has 1 aliphatic carbocycles. The molecule has 20 heavy (non-hydrogen) atoms. The van der Waals surface area contributed by atoms with Crippen LogP contribution < -0.4 is 0 Å². The number of allylic oxidation sites excluding steroid dienone is 2. The molecule has 0 saturated carbocycles. The van der Waals surface area contributed by atoms with E-state index in [1.165, 1.54) is 22.3 Å². The van der Waals surface area contributed by atoms with Gasteiger partial charge in [-0.05, 0) is 36.1 Å². The van der Waals surface area contributed by atoms with Crippen LogP contribution in [0.3, 0.4) is 0 Å². The minimum absolute atomic E-state index is 0.558. The Labute approximate surface area is 123 Å². The highest BCUT2D eigenvalue weighted by molar-refractivity contribution is 5.78. The summed E-state index contributed by atoms with van der Waals surface area (Å²) >= 11 is 0. The van der Waals surface area contributed by atoms with Crippen LogP contribution >= 0.6 is 0 Å². The summed E-state index contributed by atoms with van der Waals surface area (Å²) in [6.45, 7) is 12.8. The molecule has 0 aromatic heterocycles. The number of hydrogen-bond donors (Lipinski definition) is 0. The van der Waals surface area contributed by atoms with Crippen LogP contribution in [0.4, 0.5) is 0 Å². The quantitative estimate of drug-likeness (QED) is 0.497. The van der Waals surface area contributed by atoms with Crippen molar-refractivity contribution in [1.29, 1.82) is 0 Å². The minimum atomic E-state index is 0.558. The van der Waals surface area contributed by atoms with Crippen LogP contribution in [0.1, 0.15) is 37.8 Å². The molecule has 0 saturated heterocycles. The van der Waals surface area contributed by atoms with E-state index >= 15 is 0 Å². The summed E-state index contributed by atoms with van der Waals surface area (Å²) in [4.78, 5) is 0. The summed E-state index contributed by atoms with van der Waals surface area (Å²) in [5, 5.41) is 0. The summed E-state index contributed by atoms with van der Waals surface area (Å²) in [5.74, 6) is 0.558. The molecule has 0 N–H and O–H groups in total. The molecular weight excluding hydrogens is 240 g/mol. The van der Waals surface area contributed by atoms with Gasteiger partial charge in [-0.1, -0.05) is 67.6 Å². The molecule has 0 fully saturated rings. The third-order valence-electron chi connectivity index (χ3n) is 3.14. The van der Waals surface area contributed by atoms with Gasteiger partial charge in [-0.25, -0.2) is 0 Å². The Morgan fingerprint density at radius 3 is 1.40 bits per heavy atom. The van der Waals surface area contributed by atoms with Gasteiger partial charge < -0.3 is 0 Å². The third-order valence-corrected chi connectivity index (χ3v) is 3.14. The van der Waals surface area contributed by atoms with Gasteiger partial charge in [0.25, 0.3) is 0 Å². The van der Waals surface area contributed by atoms with E-state index < -0.39 is 0 Å². The Balaban J connectivity index is 0.000000290. The molecule has 0 heteroatoms. The van der Waals surface area contributed by atoms with Crippen LogP contribution in [0.15, 0.2) is 73.8 Å². The fourth-order valence-corrected chi connectivity index (χ4v) is 2.41. The van der Waals surface area contributed by atoms with Crippen molar-refractivity contribution in [3.05, 3.63) is 85.0 Å². The smallest absolute Gasteiger partial charge is 0.00733 e. The molecule has 0 nitrogen and oxygen atoms in total. The summed E-state index contributed by atoms with van der Waals surface area (Å²) in [5.41, 5.74) is 5.76. The average molecular weight is 264 g/mol. The fraction of sp³-hybridized carbons (Fsp3) is 0.200. The molecule has 0 radical (unpaired) electrons. The lowest BCUT2D eigenvalue weighted by molar-refractivity contribution is 0.957. The molecule has 0 amide bonds. The molecule has 0 bridgehead atoms. The van der Waals surface area contributed by atoms with Crippen molar-refractivity contribution in [3.63, 3.8) is 0 Å². The number of fused-ring (bicyclic) bond motifs is 3. The molecule has 2 aromatic carbocycles. The average Bonchev–Trinajstić information content (AvgIpc) is 2.76. The molecule has 3 rings (SSSR count). The maximum atomic E-state index is 3.36. The number of hydrogen-bond acceptors (Lipinski definition) is 0. The first-order valence-corrected chi connectivity index (χ1v) is 7.03. The van der Waals surface area contributed by atoms with Crippen molar-refractivity contribution in [2.75, 3.05) is 0 Å². The SMILES string of the molecule is C=CC.C=CC.CC1c2ccccc2-c2ccccc21. The van der Waals surface area contributed by atoms with E-state index in [0.29, 0.717) is 5.92 Å². The standard InChI is InChI=1S/C14H12.2C3H6/c1-10-11-6-2-4-8-13(11)14-9-5-3-7-12(10)14;2*1-3-2/h2-10H,1H3;2*3H,1H2,2H3. The maximum absolute atomic E-state index is 3.36. The highest BCUT2D eigenvalue weighted by Crippen LogP contribution is 2.43. The van der Waals surface area contributed by atoms with Gasteiger partial charge >= 0.3 is 0 Å². The lowest BCUT2D eigenvalue weighted by Gasteiger charge is -2.04. The molecule has 2 aromatic rings. The van der Waals surface area contributed by atoms with Crippen molar-refractivity contribution < 1.29 is 0 Å². The summed E-state index contributed by atoms with van der Waals surface area (Å²) in [6.07, 6.45) is 3.50. The van der Waals surface area contributed by atoms with Crippen LogP contribution in [0, 0.1) is 0 Å². The first-order valence-electron chi connectivity index (χ1n) is 7.03. The molecule has 0 heterocycles. The fourth-order valence-electron chi connectivity index (χ4n) is 2.41. The van der Waals surface area contributed by atoms with Gasteiger partial charge in [0.05, 0.1) is 0 Å². The molecule has 104 valence electrons. The number of benzene rings is 2. The van der Waals surface area contributed by atoms with Crippen molar-refractivity contribution in [3.8, 4) is 11.1 Å². The van der Waals surface area contributed by atoms with Crippen LogP contribution in [0.5, 0.6) is 0 Å². The van der Waals surface area contributed by atoms with Gasteiger partial charge in [-0.2, -0.15) is 0 Å². The van der Waals surface area contributed by atoms with Gasteiger partial charge in [0.1, 0.15) is 0 Å². The van der Waals surface area contributed by atoms with Crippen molar-refractivity contribution in [2.45, 2.75) is 26.7 Å². The van der Waals surface area contributed by atoms with E-state index in [1.54, 1.807) is 12.2 Å². The first kappa shape index (κ1) is 16.0.